The van der Waals surface area contributed by atoms with Crippen molar-refractivity contribution in [2.75, 3.05) is 13.3 Å². The summed E-state index contributed by atoms with van der Waals surface area (Å²) in [6.07, 6.45) is 1.70. The van der Waals surface area contributed by atoms with Crippen LogP contribution in [0.4, 0.5) is 4.20 Å². The summed E-state index contributed by atoms with van der Waals surface area (Å²) in [4.78, 5) is 0. The molecule has 0 aliphatic carbocycles. The molecule has 130 valence electrons. The van der Waals surface area contributed by atoms with Gasteiger partial charge in [-0.1, -0.05) is 74.0 Å². The van der Waals surface area contributed by atoms with Gasteiger partial charge in [-0.25, -0.2) is 0 Å². The molecule has 2 nitrogen and oxygen atoms in total. The summed E-state index contributed by atoms with van der Waals surface area (Å²) in [7, 11) is -3.70. The maximum Gasteiger partial charge on any atom is 0.364 e. The van der Waals surface area contributed by atoms with Gasteiger partial charge in [0.2, 0.25) is 0 Å². The number of hydrogen-bond acceptors (Lipinski definition) is 2. The zero-order chi connectivity index (χ0) is 17.9. The van der Waals surface area contributed by atoms with Crippen LogP contribution in [0.15, 0.2) is 60.7 Å². The van der Waals surface area contributed by atoms with Crippen LogP contribution in [0.1, 0.15) is 19.8 Å². The molecule has 4 rings (SSSR count). The quantitative estimate of drug-likeness (QED) is 0.220. The third kappa shape index (κ3) is 4.18. The highest BCUT2D eigenvalue weighted by molar-refractivity contribution is 7.52. The van der Waals surface area contributed by atoms with Gasteiger partial charge in [-0.2, -0.15) is 4.20 Å². The van der Waals surface area contributed by atoms with Crippen molar-refractivity contribution in [2.24, 2.45) is 0 Å². The smallest absolute Gasteiger partial charge is 0.306 e. The first-order valence-corrected chi connectivity index (χ1v) is 10.5. The van der Waals surface area contributed by atoms with Crippen molar-refractivity contribution in [3.05, 3.63) is 60.7 Å². The molecule has 0 radical (unpaired) electrons. The zero-order valence-electron chi connectivity index (χ0n) is 14.5. The van der Waals surface area contributed by atoms with E-state index in [9.17, 15) is 8.76 Å². The summed E-state index contributed by atoms with van der Waals surface area (Å²) in [5, 5.41) is 8.14. The van der Waals surface area contributed by atoms with Gasteiger partial charge in [0.1, 0.15) is 0 Å². The van der Waals surface area contributed by atoms with Crippen LogP contribution in [-0.4, -0.2) is 13.3 Å². The lowest BCUT2D eigenvalue weighted by Gasteiger charge is -2.09. The SMILES string of the molecule is CCCCOP(C)(=O)F.c1cc2ccc3cccc4ccc(c1)c2c34. The normalized spacial score (nSPS) is 13.7. The Morgan fingerprint density at radius 2 is 1.24 bits per heavy atom. The van der Waals surface area contributed by atoms with Crippen molar-refractivity contribution in [3.8, 4) is 0 Å². The largest absolute Gasteiger partial charge is 0.364 e. The summed E-state index contributed by atoms with van der Waals surface area (Å²) in [5.74, 6) is 0. The Morgan fingerprint density at radius 3 is 1.56 bits per heavy atom. The molecule has 0 spiro atoms. The first-order valence-electron chi connectivity index (χ1n) is 8.54. The number of rotatable bonds is 4. The molecule has 0 N–H and O–H groups in total. The van der Waals surface area contributed by atoms with Crippen molar-refractivity contribution >= 4 is 40.0 Å². The molecular formula is C21H22FO2P. The van der Waals surface area contributed by atoms with Crippen LogP contribution in [0.2, 0.25) is 0 Å². The molecular weight excluding hydrogens is 334 g/mol. The summed E-state index contributed by atoms with van der Waals surface area (Å²) in [6.45, 7) is 3.20. The maximum atomic E-state index is 12.0. The zero-order valence-corrected chi connectivity index (χ0v) is 15.4. The minimum Gasteiger partial charge on any atom is -0.306 e. The summed E-state index contributed by atoms with van der Waals surface area (Å²) >= 11 is 0. The molecule has 0 aliphatic rings. The molecule has 0 aromatic heterocycles. The molecule has 0 heterocycles. The molecule has 1 atom stereocenters. The first kappa shape index (κ1) is 17.8. The average molecular weight is 356 g/mol. The van der Waals surface area contributed by atoms with Crippen LogP contribution in [0.5, 0.6) is 0 Å². The van der Waals surface area contributed by atoms with E-state index in [4.69, 9.17) is 0 Å². The summed E-state index contributed by atoms with van der Waals surface area (Å²) < 4.78 is 26.6. The molecule has 0 saturated carbocycles. The fraction of sp³-hybridized carbons (Fsp3) is 0.238. The molecule has 1 unspecified atom stereocenters. The molecule has 0 aliphatic heterocycles. The molecule has 0 saturated heterocycles. The van der Waals surface area contributed by atoms with Gasteiger partial charge in [0.15, 0.2) is 0 Å². The Kier molecular flexibility index (Phi) is 5.36. The second-order valence-electron chi connectivity index (χ2n) is 6.22. The second kappa shape index (κ2) is 7.51. The molecule has 25 heavy (non-hydrogen) atoms. The predicted octanol–water partition coefficient (Wildman–Crippen LogP) is 7.18. The highest BCUT2D eigenvalue weighted by Gasteiger charge is 2.10. The third-order valence-corrected chi connectivity index (χ3v) is 4.86. The lowest BCUT2D eigenvalue weighted by molar-refractivity contribution is 0.285. The fourth-order valence-electron chi connectivity index (χ4n) is 3.04. The van der Waals surface area contributed by atoms with Crippen molar-refractivity contribution in [1.29, 1.82) is 0 Å². The number of halogens is 1. The van der Waals surface area contributed by atoms with Crippen LogP contribution in [0, 0.1) is 0 Å². The van der Waals surface area contributed by atoms with Crippen molar-refractivity contribution in [1.82, 2.24) is 0 Å². The molecule has 4 aromatic rings. The third-order valence-electron chi connectivity index (χ3n) is 4.21. The number of hydrogen-bond donors (Lipinski definition) is 0. The molecule has 4 heteroatoms. The van der Waals surface area contributed by atoms with Gasteiger partial charge in [0.25, 0.3) is 0 Å². The number of unbranched alkanes of at least 4 members (excludes halogenated alkanes) is 1. The van der Waals surface area contributed by atoms with E-state index in [0.717, 1.165) is 19.5 Å². The molecule has 0 amide bonds. The van der Waals surface area contributed by atoms with E-state index in [2.05, 4.69) is 65.2 Å². The van der Waals surface area contributed by atoms with Crippen molar-refractivity contribution in [3.63, 3.8) is 0 Å². The first-order chi connectivity index (χ1) is 12.0. The molecule has 0 fully saturated rings. The van der Waals surface area contributed by atoms with Crippen molar-refractivity contribution < 1.29 is 13.3 Å². The predicted molar refractivity (Wildman–Crippen MR) is 106 cm³/mol. The van der Waals surface area contributed by atoms with E-state index in [1.165, 1.54) is 32.3 Å². The van der Waals surface area contributed by atoms with Gasteiger partial charge in [-0.05, 0) is 38.7 Å². The van der Waals surface area contributed by atoms with Gasteiger partial charge in [0.05, 0.1) is 6.61 Å². The fourth-order valence-corrected chi connectivity index (χ4v) is 3.50. The summed E-state index contributed by atoms with van der Waals surface area (Å²) in [6, 6.07) is 21.9. The van der Waals surface area contributed by atoms with Crippen LogP contribution in [0.25, 0.3) is 32.3 Å². The Bertz CT molecular complexity index is 892. The van der Waals surface area contributed by atoms with Crippen LogP contribution < -0.4 is 0 Å². The molecule has 4 aromatic carbocycles. The Labute approximate surface area is 147 Å². The van der Waals surface area contributed by atoms with E-state index in [1.807, 2.05) is 6.92 Å². The number of benzene rings is 4. The van der Waals surface area contributed by atoms with Gasteiger partial charge < -0.3 is 4.52 Å². The van der Waals surface area contributed by atoms with Gasteiger partial charge in [-0.3, -0.25) is 4.57 Å². The van der Waals surface area contributed by atoms with Crippen LogP contribution >= 0.6 is 7.68 Å². The second-order valence-corrected chi connectivity index (χ2v) is 7.97. The lowest BCUT2D eigenvalue weighted by Crippen LogP contribution is -1.87. The Balaban J connectivity index is 0.000000176. The van der Waals surface area contributed by atoms with Crippen molar-refractivity contribution in [2.45, 2.75) is 19.8 Å². The molecule has 0 bridgehead atoms. The van der Waals surface area contributed by atoms with Gasteiger partial charge in [0, 0.05) is 6.66 Å². The van der Waals surface area contributed by atoms with Crippen LogP contribution in [-0.2, 0) is 9.09 Å². The Hall–Kier alpha value is -1.96. The van der Waals surface area contributed by atoms with E-state index in [-0.39, 0.29) is 6.61 Å². The monoisotopic (exact) mass is 356 g/mol. The van der Waals surface area contributed by atoms with Gasteiger partial charge in [-0.15, -0.1) is 0 Å². The van der Waals surface area contributed by atoms with E-state index < -0.39 is 7.68 Å². The Morgan fingerprint density at radius 1 is 0.840 bits per heavy atom. The highest BCUT2D eigenvalue weighted by atomic mass is 31.2. The minimum atomic E-state index is -3.70. The average Bonchev–Trinajstić information content (AvgIpc) is 2.60. The minimum absolute atomic E-state index is 0.265. The van der Waals surface area contributed by atoms with E-state index in [0.29, 0.717) is 0 Å². The highest BCUT2D eigenvalue weighted by Crippen LogP contribution is 2.43. The van der Waals surface area contributed by atoms with Crippen LogP contribution in [0.3, 0.4) is 0 Å². The van der Waals surface area contributed by atoms with E-state index in [1.54, 1.807) is 0 Å². The van der Waals surface area contributed by atoms with E-state index >= 15 is 0 Å². The maximum absolute atomic E-state index is 12.0. The lowest BCUT2D eigenvalue weighted by atomic mass is 9.95. The summed E-state index contributed by atoms with van der Waals surface area (Å²) in [5.41, 5.74) is 0. The standard InChI is InChI=1S/C16H10.C5H12FO2P/c1-3-11-7-9-13-5-2-6-14-10-8-12(4-1)15(11)16(13)14;1-3-4-5-8-9(2,6)7/h1-10H;3-5H2,1-2H3. The van der Waals surface area contributed by atoms with Gasteiger partial charge >= 0.3 is 7.68 Å². The topological polar surface area (TPSA) is 26.3 Å².